The molecule has 2 aromatic carbocycles. The zero-order valence-corrected chi connectivity index (χ0v) is 15.9. The molecule has 0 aliphatic heterocycles. The SMILES string of the molecule is O=C(O)CC(CCCC(c1ccccc1)c1ccccc1)(C(=O)O)S(=O)(=O)O. The van der Waals surface area contributed by atoms with Crippen LogP contribution >= 0.6 is 0 Å². The summed E-state index contributed by atoms with van der Waals surface area (Å²) < 4.78 is 30.2. The first-order chi connectivity index (χ1) is 13.2. The fraction of sp³-hybridized carbons (Fsp3) is 0.300. The molecule has 0 aromatic heterocycles. The first-order valence-corrected chi connectivity index (χ1v) is 10.1. The summed E-state index contributed by atoms with van der Waals surface area (Å²) in [5, 5.41) is 18.4. The van der Waals surface area contributed by atoms with Gasteiger partial charge in [-0.25, -0.2) is 0 Å². The Labute approximate surface area is 163 Å². The van der Waals surface area contributed by atoms with Crippen LogP contribution in [-0.2, 0) is 19.7 Å². The minimum Gasteiger partial charge on any atom is -0.481 e. The van der Waals surface area contributed by atoms with Gasteiger partial charge in [-0.1, -0.05) is 67.1 Å². The quantitative estimate of drug-likeness (QED) is 0.517. The normalized spacial score (nSPS) is 13.8. The van der Waals surface area contributed by atoms with Gasteiger partial charge in [0, 0.05) is 5.92 Å². The maximum Gasteiger partial charge on any atom is 0.328 e. The van der Waals surface area contributed by atoms with Crippen LogP contribution in [0.2, 0.25) is 0 Å². The maximum absolute atomic E-state index is 11.8. The van der Waals surface area contributed by atoms with Crippen molar-refractivity contribution in [1.29, 1.82) is 0 Å². The van der Waals surface area contributed by atoms with Gasteiger partial charge in [-0.3, -0.25) is 14.1 Å². The van der Waals surface area contributed by atoms with Gasteiger partial charge in [-0.05, 0) is 24.0 Å². The largest absolute Gasteiger partial charge is 0.481 e. The lowest BCUT2D eigenvalue weighted by Gasteiger charge is -2.25. The minimum absolute atomic E-state index is 0.0911. The zero-order valence-electron chi connectivity index (χ0n) is 15.1. The van der Waals surface area contributed by atoms with E-state index >= 15 is 0 Å². The van der Waals surface area contributed by atoms with Gasteiger partial charge in [0.25, 0.3) is 10.1 Å². The second-order valence-electron chi connectivity index (χ2n) is 6.61. The molecule has 0 fully saturated rings. The Morgan fingerprint density at radius 2 is 1.36 bits per heavy atom. The van der Waals surface area contributed by atoms with Crippen LogP contribution in [0.1, 0.15) is 42.7 Å². The Kier molecular flexibility index (Phi) is 6.93. The molecule has 2 aromatic rings. The number of carboxylic acids is 2. The monoisotopic (exact) mass is 406 g/mol. The van der Waals surface area contributed by atoms with E-state index in [1.807, 2.05) is 60.7 Å². The minimum atomic E-state index is -5.13. The molecule has 1 atom stereocenters. The van der Waals surface area contributed by atoms with Crippen molar-refractivity contribution >= 4 is 22.1 Å². The third-order valence-corrected chi connectivity index (χ3v) is 6.31. The van der Waals surface area contributed by atoms with Gasteiger partial charge in [-0.15, -0.1) is 0 Å². The second kappa shape index (κ2) is 8.99. The number of hydrogen-bond donors (Lipinski definition) is 3. The predicted molar refractivity (Wildman–Crippen MR) is 103 cm³/mol. The summed E-state index contributed by atoms with van der Waals surface area (Å²) in [6.45, 7) is 0. The number of aliphatic carboxylic acids is 2. The van der Waals surface area contributed by atoms with E-state index in [-0.39, 0.29) is 12.3 Å². The zero-order chi connectivity index (χ0) is 20.8. The fourth-order valence-electron chi connectivity index (χ4n) is 3.33. The van der Waals surface area contributed by atoms with E-state index in [4.69, 9.17) is 5.11 Å². The smallest absolute Gasteiger partial charge is 0.328 e. The van der Waals surface area contributed by atoms with Crippen molar-refractivity contribution in [3.63, 3.8) is 0 Å². The molecule has 0 saturated carbocycles. The lowest BCUT2D eigenvalue weighted by atomic mass is 9.85. The number of carbonyl (C=O) groups is 2. The van der Waals surface area contributed by atoms with E-state index in [0.29, 0.717) is 6.42 Å². The van der Waals surface area contributed by atoms with Crippen molar-refractivity contribution in [2.75, 3.05) is 0 Å². The fourth-order valence-corrected chi connectivity index (χ4v) is 4.26. The van der Waals surface area contributed by atoms with Gasteiger partial charge < -0.3 is 10.2 Å². The summed E-state index contributed by atoms with van der Waals surface area (Å²) in [6.07, 6.45) is -1.24. The number of rotatable bonds is 10. The highest BCUT2D eigenvalue weighted by Gasteiger charge is 2.52. The van der Waals surface area contributed by atoms with Gasteiger partial charge in [0.05, 0.1) is 6.42 Å². The number of carboxylic acid groups (broad SMARTS) is 2. The van der Waals surface area contributed by atoms with Crippen molar-refractivity contribution in [3.8, 4) is 0 Å². The van der Waals surface area contributed by atoms with Crippen molar-refractivity contribution in [2.45, 2.75) is 36.3 Å². The topological polar surface area (TPSA) is 129 Å². The maximum atomic E-state index is 11.8. The Balaban J connectivity index is 2.29. The highest BCUT2D eigenvalue weighted by molar-refractivity contribution is 7.88. The van der Waals surface area contributed by atoms with Crippen molar-refractivity contribution in [3.05, 3.63) is 71.8 Å². The van der Waals surface area contributed by atoms with Crippen molar-refractivity contribution in [1.82, 2.24) is 0 Å². The van der Waals surface area contributed by atoms with Crippen LogP contribution in [-0.4, -0.2) is 39.9 Å². The molecule has 2 rings (SSSR count). The molecule has 0 aliphatic carbocycles. The molecule has 0 heterocycles. The Hall–Kier alpha value is -2.71. The first-order valence-electron chi connectivity index (χ1n) is 8.69. The average Bonchev–Trinajstić information content (AvgIpc) is 2.64. The summed E-state index contributed by atoms with van der Waals surface area (Å²) in [7, 11) is -5.13. The van der Waals surface area contributed by atoms with Crippen LogP contribution in [0.5, 0.6) is 0 Å². The van der Waals surface area contributed by atoms with E-state index < -0.39 is 39.6 Å². The van der Waals surface area contributed by atoms with Crippen LogP contribution in [0.4, 0.5) is 0 Å². The molecule has 28 heavy (non-hydrogen) atoms. The third-order valence-electron chi connectivity index (χ3n) is 4.80. The standard InChI is InChI=1S/C20H22O7S/c21-18(22)14-20(19(23)24,28(25,26)27)13-7-12-17(15-8-3-1-4-9-15)16-10-5-2-6-11-16/h1-6,8-11,17H,7,12-14H2,(H,21,22)(H,23,24)(H,25,26,27). The molecule has 150 valence electrons. The predicted octanol–water partition coefficient (Wildman–Crippen LogP) is 3.17. The molecule has 7 nitrogen and oxygen atoms in total. The molecule has 0 saturated heterocycles. The highest BCUT2D eigenvalue weighted by Crippen LogP contribution is 2.34. The molecular formula is C20H22O7S. The van der Waals surface area contributed by atoms with E-state index in [1.165, 1.54) is 0 Å². The molecule has 0 radical (unpaired) electrons. The summed E-state index contributed by atoms with van der Waals surface area (Å²) >= 11 is 0. The highest BCUT2D eigenvalue weighted by atomic mass is 32.2. The summed E-state index contributed by atoms with van der Waals surface area (Å²) in [6, 6.07) is 18.9. The molecule has 0 amide bonds. The van der Waals surface area contributed by atoms with E-state index in [9.17, 15) is 27.7 Å². The Morgan fingerprint density at radius 1 is 0.893 bits per heavy atom. The number of benzene rings is 2. The number of hydrogen-bond acceptors (Lipinski definition) is 4. The molecule has 0 spiro atoms. The second-order valence-corrected chi connectivity index (χ2v) is 8.34. The van der Waals surface area contributed by atoms with Crippen molar-refractivity contribution in [2.24, 2.45) is 0 Å². The van der Waals surface area contributed by atoms with Crippen LogP contribution in [0.3, 0.4) is 0 Å². The van der Waals surface area contributed by atoms with Gasteiger partial charge >= 0.3 is 11.9 Å². The van der Waals surface area contributed by atoms with E-state index in [1.54, 1.807) is 0 Å². The van der Waals surface area contributed by atoms with Crippen LogP contribution in [0.25, 0.3) is 0 Å². The van der Waals surface area contributed by atoms with Gasteiger partial charge in [0.15, 0.2) is 0 Å². The Bertz CT molecular complexity index is 871. The van der Waals surface area contributed by atoms with E-state index in [0.717, 1.165) is 11.1 Å². The van der Waals surface area contributed by atoms with Crippen LogP contribution in [0, 0.1) is 0 Å². The van der Waals surface area contributed by atoms with Gasteiger partial charge in [0.2, 0.25) is 4.75 Å². The summed E-state index contributed by atoms with van der Waals surface area (Å²) in [5.74, 6) is -3.60. The average molecular weight is 406 g/mol. The first kappa shape index (κ1) is 21.6. The summed E-state index contributed by atoms with van der Waals surface area (Å²) in [4.78, 5) is 22.7. The molecule has 0 bridgehead atoms. The molecular weight excluding hydrogens is 384 g/mol. The Morgan fingerprint density at radius 3 is 1.71 bits per heavy atom. The van der Waals surface area contributed by atoms with Gasteiger partial charge in [0.1, 0.15) is 0 Å². The van der Waals surface area contributed by atoms with E-state index in [2.05, 4.69) is 0 Å². The van der Waals surface area contributed by atoms with Crippen LogP contribution in [0.15, 0.2) is 60.7 Å². The summed E-state index contributed by atoms with van der Waals surface area (Å²) in [5.41, 5.74) is 1.94. The van der Waals surface area contributed by atoms with Gasteiger partial charge in [-0.2, -0.15) is 8.42 Å². The lowest BCUT2D eigenvalue weighted by Crippen LogP contribution is -2.48. The third kappa shape index (κ3) is 4.96. The molecule has 8 heteroatoms. The molecule has 3 N–H and O–H groups in total. The molecule has 0 aliphatic rings. The molecule has 1 unspecified atom stereocenters. The lowest BCUT2D eigenvalue weighted by molar-refractivity contribution is -0.147. The van der Waals surface area contributed by atoms with Crippen LogP contribution < -0.4 is 0 Å². The van der Waals surface area contributed by atoms with Crippen molar-refractivity contribution < 1.29 is 32.8 Å².